The van der Waals surface area contributed by atoms with Crippen LogP contribution in [0.2, 0.25) is 0 Å². The molecule has 0 amide bonds. The van der Waals surface area contributed by atoms with E-state index in [1.165, 1.54) is 12.1 Å². The maximum absolute atomic E-state index is 13.1. The Morgan fingerprint density at radius 3 is 1.62 bits per heavy atom. The van der Waals surface area contributed by atoms with Crippen LogP contribution in [0.3, 0.4) is 0 Å². The highest BCUT2D eigenvalue weighted by atomic mass is 19.1. The summed E-state index contributed by atoms with van der Waals surface area (Å²) in [5, 5.41) is 15.4. The molecule has 9 heteroatoms. The maximum Gasteiger partial charge on any atom is 0.324 e. The van der Waals surface area contributed by atoms with Gasteiger partial charge in [0.05, 0.1) is 13.2 Å². The van der Waals surface area contributed by atoms with Crippen LogP contribution in [0, 0.1) is 17.2 Å². The molecule has 0 atom stereocenters. The van der Waals surface area contributed by atoms with Crippen LogP contribution < -0.4 is 0 Å². The fraction of sp³-hybridized carbons (Fsp3) is 0.500. The van der Waals surface area contributed by atoms with Crippen molar-refractivity contribution in [1.82, 2.24) is 0 Å². The number of hydrogen-bond donors (Lipinski definition) is 2. The zero-order valence-corrected chi connectivity index (χ0v) is 16.9. The molecule has 1 aromatic carbocycles. The number of hydrogen-bond acceptors (Lipinski definition) is 6. The van der Waals surface area contributed by atoms with E-state index in [0.29, 0.717) is 5.56 Å². The van der Waals surface area contributed by atoms with Crippen LogP contribution in [0.5, 0.6) is 0 Å². The Kier molecular flexibility index (Phi) is 11.2. The first-order valence-electron chi connectivity index (χ1n) is 9.03. The predicted molar refractivity (Wildman–Crippen MR) is 101 cm³/mol. The molecule has 0 aromatic heterocycles. The van der Waals surface area contributed by atoms with Crippen molar-refractivity contribution < 1.29 is 43.3 Å². The summed E-state index contributed by atoms with van der Waals surface area (Å²) < 4.78 is 23.3. The minimum Gasteiger partial charge on any atom is -0.481 e. The van der Waals surface area contributed by atoms with Gasteiger partial charge < -0.3 is 19.7 Å². The number of ether oxygens (including phenoxy) is 2. The molecule has 1 aromatic rings. The van der Waals surface area contributed by atoms with E-state index < -0.39 is 35.7 Å². The Labute approximate surface area is 168 Å². The standard InChI is InChI=1S/C17H23FO4.C3H4O4/c1-5-21-15(19)17(12(3)4,16(20)22-6-2)11-13-7-9-14(18)10-8-13;4-2(5)1-3(6)7/h7-10,12H,5-6,11H2,1-4H3;1H2,(H,4,5)(H,6,7). The second kappa shape index (κ2) is 12.5. The molecule has 0 saturated heterocycles. The molecule has 0 spiro atoms. The van der Waals surface area contributed by atoms with Crippen molar-refractivity contribution in [1.29, 1.82) is 0 Å². The second-order valence-electron chi connectivity index (χ2n) is 6.33. The molecule has 0 unspecified atom stereocenters. The minimum atomic E-state index is -1.43. The predicted octanol–water partition coefficient (Wildman–Crippen LogP) is 2.68. The van der Waals surface area contributed by atoms with Gasteiger partial charge in [0.15, 0.2) is 5.41 Å². The molecule has 0 saturated carbocycles. The van der Waals surface area contributed by atoms with E-state index in [1.807, 2.05) is 0 Å². The van der Waals surface area contributed by atoms with Gasteiger partial charge in [-0.05, 0) is 43.9 Å². The number of carboxylic acid groups (broad SMARTS) is 2. The first-order chi connectivity index (χ1) is 13.5. The van der Waals surface area contributed by atoms with E-state index in [9.17, 15) is 23.6 Å². The van der Waals surface area contributed by atoms with Crippen LogP contribution in [0.25, 0.3) is 0 Å². The summed E-state index contributed by atoms with van der Waals surface area (Å²) in [6.45, 7) is 7.28. The van der Waals surface area contributed by atoms with Crippen LogP contribution in [-0.2, 0) is 35.1 Å². The maximum atomic E-state index is 13.1. The average molecular weight is 414 g/mol. The van der Waals surface area contributed by atoms with Crippen LogP contribution in [0.15, 0.2) is 24.3 Å². The molecule has 0 fully saturated rings. The second-order valence-corrected chi connectivity index (χ2v) is 6.33. The number of aliphatic carboxylic acids is 2. The first-order valence-corrected chi connectivity index (χ1v) is 9.03. The Bertz CT molecular complexity index is 667. The van der Waals surface area contributed by atoms with Gasteiger partial charge in [-0.15, -0.1) is 0 Å². The van der Waals surface area contributed by atoms with E-state index >= 15 is 0 Å². The summed E-state index contributed by atoms with van der Waals surface area (Å²) in [5.41, 5.74) is -0.750. The zero-order chi connectivity index (χ0) is 22.6. The number of esters is 2. The van der Waals surface area contributed by atoms with Crippen molar-refractivity contribution in [2.75, 3.05) is 13.2 Å². The summed E-state index contributed by atoms with van der Waals surface area (Å²) in [7, 11) is 0. The molecule has 0 aliphatic heterocycles. The molecular formula is C20H27FO8. The van der Waals surface area contributed by atoms with E-state index in [2.05, 4.69) is 0 Å². The fourth-order valence-corrected chi connectivity index (χ4v) is 2.48. The molecule has 0 aliphatic rings. The van der Waals surface area contributed by atoms with Crippen molar-refractivity contribution in [2.24, 2.45) is 11.3 Å². The highest BCUT2D eigenvalue weighted by molar-refractivity contribution is 6.00. The molecule has 0 heterocycles. The summed E-state index contributed by atoms with van der Waals surface area (Å²) in [6, 6.07) is 5.73. The lowest BCUT2D eigenvalue weighted by molar-refractivity contribution is -0.176. The molecule has 0 radical (unpaired) electrons. The van der Waals surface area contributed by atoms with Crippen LogP contribution >= 0.6 is 0 Å². The highest BCUT2D eigenvalue weighted by Gasteiger charge is 2.51. The monoisotopic (exact) mass is 414 g/mol. The van der Waals surface area contributed by atoms with Crippen LogP contribution in [0.4, 0.5) is 4.39 Å². The van der Waals surface area contributed by atoms with Gasteiger partial charge in [-0.3, -0.25) is 19.2 Å². The Hall–Kier alpha value is -2.97. The summed E-state index contributed by atoms with van der Waals surface area (Å²) in [4.78, 5) is 43.9. The Morgan fingerprint density at radius 2 is 1.34 bits per heavy atom. The summed E-state index contributed by atoms with van der Waals surface area (Å²) >= 11 is 0. The first kappa shape index (κ1) is 26.0. The molecule has 0 aliphatic carbocycles. The van der Waals surface area contributed by atoms with Gasteiger partial charge in [-0.25, -0.2) is 4.39 Å². The quantitative estimate of drug-likeness (QED) is 0.466. The normalized spacial score (nSPS) is 10.6. The number of carbonyl (C=O) groups is 4. The third kappa shape index (κ3) is 8.28. The molecule has 1 rings (SSSR count). The Balaban J connectivity index is 0.000000956. The van der Waals surface area contributed by atoms with Gasteiger partial charge >= 0.3 is 23.9 Å². The smallest absolute Gasteiger partial charge is 0.324 e. The van der Waals surface area contributed by atoms with Gasteiger partial charge in [0.1, 0.15) is 12.2 Å². The number of carbonyl (C=O) groups excluding carboxylic acids is 2. The lowest BCUT2D eigenvalue weighted by atomic mass is 9.72. The Morgan fingerprint density at radius 1 is 0.931 bits per heavy atom. The van der Waals surface area contributed by atoms with Crippen LogP contribution in [0.1, 0.15) is 39.7 Å². The van der Waals surface area contributed by atoms with Crippen LogP contribution in [-0.4, -0.2) is 47.3 Å². The SMILES string of the molecule is CCOC(=O)C(Cc1ccc(F)cc1)(C(=O)OCC)C(C)C.O=C(O)CC(=O)O. The third-order valence-corrected chi connectivity index (χ3v) is 3.96. The number of rotatable bonds is 9. The number of carboxylic acids is 2. The van der Waals surface area contributed by atoms with Crippen molar-refractivity contribution in [3.8, 4) is 0 Å². The van der Waals surface area contributed by atoms with Crippen molar-refractivity contribution in [3.05, 3.63) is 35.6 Å². The number of benzene rings is 1. The molecule has 162 valence electrons. The lowest BCUT2D eigenvalue weighted by Gasteiger charge is -2.32. The van der Waals surface area contributed by atoms with E-state index in [1.54, 1.807) is 39.8 Å². The van der Waals surface area contributed by atoms with E-state index in [0.717, 1.165) is 0 Å². The largest absolute Gasteiger partial charge is 0.481 e. The molecule has 2 N–H and O–H groups in total. The molecule has 8 nitrogen and oxygen atoms in total. The average Bonchev–Trinajstić information content (AvgIpc) is 2.60. The molecule has 29 heavy (non-hydrogen) atoms. The van der Waals surface area contributed by atoms with Gasteiger partial charge in [0, 0.05) is 0 Å². The third-order valence-electron chi connectivity index (χ3n) is 3.96. The summed E-state index contributed by atoms with van der Waals surface area (Å²) in [5.74, 6) is -4.53. The topological polar surface area (TPSA) is 127 Å². The fourth-order valence-electron chi connectivity index (χ4n) is 2.48. The zero-order valence-electron chi connectivity index (χ0n) is 16.9. The molecule has 0 bridgehead atoms. The van der Waals surface area contributed by atoms with Crippen molar-refractivity contribution >= 4 is 23.9 Å². The van der Waals surface area contributed by atoms with Crippen molar-refractivity contribution in [2.45, 2.75) is 40.5 Å². The highest BCUT2D eigenvalue weighted by Crippen LogP contribution is 2.35. The van der Waals surface area contributed by atoms with E-state index in [4.69, 9.17) is 19.7 Å². The van der Waals surface area contributed by atoms with Gasteiger partial charge in [-0.1, -0.05) is 26.0 Å². The van der Waals surface area contributed by atoms with E-state index in [-0.39, 0.29) is 31.4 Å². The lowest BCUT2D eigenvalue weighted by Crippen LogP contribution is -2.48. The summed E-state index contributed by atoms with van der Waals surface area (Å²) in [6.07, 6.45) is -0.692. The van der Waals surface area contributed by atoms with Gasteiger partial charge in [0.25, 0.3) is 0 Å². The van der Waals surface area contributed by atoms with Crippen molar-refractivity contribution in [3.63, 3.8) is 0 Å². The minimum absolute atomic E-state index is 0.114. The number of halogens is 1. The van der Waals surface area contributed by atoms with Gasteiger partial charge in [0.2, 0.25) is 0 Å². The molecular weight excluding hydrogens is 387 g/mol. The van der Waals surface area contributed by atoms with Gasteiger partial charge in [-0.2, -0.15) is 0 Å².